The fourth-order valence-electron chi connectivity index (χ4n) is 3.90. The fourth-order valence-corrected chi connectivity index (χ4v) is 15.9. The van der Waals surface area contributed by atoms with Crippen molar-refractivity contribution in [2.45, 2.75) is 32.1 Å². The molecule has 0 saturated heterocycles. The second kappa shape index (κ2) is 8.11. The first-order valence-corrected chi connectivity index (χ1v) is 17.4. The van der Waals surface area contributed by atoms with Gasteiger partial charge in [-0.15, -0.1) is 0 Å². The minimum Gasteiger partial charge on any atom is -0.372 e. The summed E-state index contributed by atoms with van der Waals surface area (Å²) in [5, 5.41) is 23.1. The van der Waals surface area contributed by atoms with Crippen LogP contribution in [0.3, 0.4) is 0 Å². The Balaban J connectivity index is 5.30. The normalized spacial score (nSPS) is 41.8. The van der Waals surface area contributed by atoms with Crippen LogP contribution in [0.15, 0.2) is 0 Å². The lowest BCUT2D eigenvalue weighted by Crippen LogP contribution is -2.93. The molecule has 24 nitrogen and oxygen atoms in total. The quantitative estimate of drug-likeness (QED) is 0.118. The van der Waals surface area contributed by atoms with Gasteiger partial charge in [0.2, 0.25) is 0 Å². The molecule has 18 N–H and O–H groups in total. The molecule has 0 aromatic heterocycles. The zero-order chi connectivity index (χ0) is 30.0. The largest absolute Gasteiger partial charge is 0.372 e. The van der Waals surface area contributed by atoms with Crippen LogP contribution in [0.25, 0.3) is 0 Å². The molecule has 0 aromatic carbocycles. The van der Waals surface area contributed by atoms with Gasteiger partial charge >= 0.3 is 45.6 Å². The Morgan fingerprint density at radius 1 is 0.250 bits per heavy atom. The zero-order valence-corrected chi connectivity index (χ0v) is 21.5. The first-order chi connectivity index (χ1) is 15.0. The smallest absolute Gasteiger partial charge is 0.364 e. The Hall–Kier alpha value is 0.660. The molecule has 0 atom stereocenters. The van der Waals surface area contributed by atoms with Gasteiger partial charge in [0, 0.05) is 0 Å². The molecule has 36 heavy (non-hydrogen) atoms. The van der Waals surface area contributed by atoms with Gasteiger partial charge in [0.05, 0.1) is 0 Å². The van der Waals surface area contributed by atoms with E-state index in [1.165, 1.54) is 0 Å². The van der Waals surface area contributed by atoms with Crippen LogP contribution in [-0.4, -0.2) is 121 Å². The Kier molecular flexibility index (Phi) is 7.82. The van der Waals surface area contributed by atoms with Crippen LogP contribution in [0.5, 0.6) is 0 Å². The lowest BCUT2D eigenvalue weighted by atomic mass is 9.80. The van der Waals surface area contributed by atoms with Gasteiger partial charge in [-0.3, -0.25) is 27.4 Å². The van der Waals surface area contributed by atoms with E-state index in [1.807, 2.05) is 0 Å². The monoisotopic (exact) mass is 660 g/mol. The van der Waals surface area contributed by atoms with Crippen LogP contribution in [-0.2, 0) is 27.4 Å². The van der Waals surface area contributed by atoms with Crippen molar-refractivity contribution in [3.05, 3.63) is 0 Å². The molecule has 0 amide bonds. The first kappa shape index (κ1) is 34.7. The highest BCUT2D eigenvalue weighted by Crippen LogP contribution is 2.93. The number of aliphatic hydroxyl groups is 6. The maximum absolute atomic E-state index is 12.2. The third-order valence-electron chi connectivity index (χ3n) is 5.45. The van der Waals surface area contributed by atoms with Crippen LogP contribution < -0.4 is 0 Å². The summed E-state index contributed by atoms with van der Waals surface area (Å²) in [6.07, 6.45) is 0. The third-order valence-corrected chi connectivity index (χ3v) is 15.4. The van der Waals surface area contributed by atoms with E-state index in [0.29, 0.717) is 0 Å². The second-order valence-corrected chi connectivity index (χ2v) is 17.7. The maximum Gasteiger partial charge on any atom is 0.364 e. The van der Waals surface area contributed by atoms with Gasteiger partial charge in [-0.05, 0) is 0 Å². The number of hydrogen-bond donors (Lipinski definition) is 18. The molecule has 1 aliphatic carbocycles. The predicted molar refractivity (Wildman–Crippen MR) is 102 cm³/mol. The minimum absolute atomic E-state index is 6.74. The summed E-state index contributed by atoms with van der Waals surface area (Å²) in [6, 6.07) is 0. The van der Waals surface area contributed by atoms with Crippen molar-refractivity contribution in [3.8, 4) is 0 Å². The topological polar surface area (TPSA) is 467 Å². The standard InChI is InChI=1S/C6H18O24P6/c7-1(31(13,14)15)2(8,32(16,17)18)4(10,34(22,23)24)6(12,36(28,29)30)5(11,35(25,26)27)3(1,9)33(19,20)21/h7-12H,(H2,13,14,15)(H2,16,17,18)(H2,19,20,21)(H2,22,23,24)(H2,25,26,27)(H2,28,29,30)/t1-,2-,3-,4+,5-,6-. The summed E-state index contributed by atoms with van der Waals surface area (Å²) in [5.41, 5.74) is 0. The highest BCUT2D eigenvalue weighted by atomic mass is 31.2. The van der Waals surface area contributed by atoms with E-state index < -0.39 is 77.6 Å². The molecule has 216 valence electrons. The van der Waals surface area contributed by atoms with Crippen molar-refractivity contribution in [1.82, 2.24) is 0 Å². The van der Waals surface area contributed by atoms with Gasteiger partial charge in [-0.2, -0.15) is 0 Å². The van der Waals surface area contributed by atoms with Crippen molar-refractivity contribution in [2.24, 2.45) is 0 Å². The molecule has 0 aliphatic heterocycles. The molecule has 0 radical (unpaired) electrons. The van der Waals surface area contributed by atoms with Crippen molar-refractivity contribution in [2.75, 3.05) is 0 Å². The molecule has 0 spiro atoms. The molecule has 0 heterocycles. The highest BCUT2D eigenvalue weighted by Gasteiger charge is 3.08. The number of hydrogen-bond acceptors (Lipinski definition) is 12. The van der Waals surface area contributed by atoms with E-state index >= 15 is 0 Å². The van der Waals surface area contributed by atoms with Crippen LogP contribution in [0, 0.1) is 0 Å². The third kappa shape index (κ3) is 3.33. The average Bonchev–Trinajstić information content (AvgIpc) is 2.56. The molecule has 1 fully saturated rings. The van der Waals surface area contributed by atoms with Gasteiger partial charge in [0.25, 0.3) is 32.1 Å². The first-order valence-electron chi connectivity index (χ1n) is 7.68. The lowest BCUT2D eigenvalue weighted by molar-refractivity contribution is -0.331. The molecule has 1 rings (SSSR count). The molecular formula is C6H18O24P6. The van der Waals surface area contributed by atoms with Gasteiger partial charge in [-0.25, -0.2) is 0 Å². The van der Waals surface area contributed by atoms with Crippen LogP contribution in [0.2, 0.25) is 0 Å². The summed E-state index contributed by atoms with van der Waals surface area (Å²) in [4.78, 5) is 114. The van der Waals surface area contributed by atoms with E-state index in [1.54, 1.807) is 0 Å². The van der Waals surface area contributed by atoms with Gasteiger partial charge < -0.3 is 89.4 Å². The SMILES string of the molecule is O=P(O)(O)[C@]1(O)[C@@](O)(P(=O)(O)O)[C@](O)(P(=O)(O)O)[C@@](O)(P(=O)(O)O)[C@](O)(P(=O)(O)O)[C@]1(O)P(=O)(O)O. The summed E-state index contributed by atoms with van der Waals surface area (Å²) >= 11 is 0. The molecule has 0 bridgehead atoms. The predicted octanol–water partition coefficient (Wildman–Crippen LogP) is -6.80. The van der Waals surface area contributed by atoms with E-state index in [4.69, 9.17) is 0 Å². The van der Waals surface area contributed by atoms with Crippen molar-refractivity contribution < 1.29 is 117 Å². The summed E-state index contributed by atoms with van der Waals surface area (Å²) < 4.78 is 72.9. The van der Waals surface area contributed by atoms with E-state index in [2.05, 4.69) is 0 Å². The minimum atomic E-state index is -8.00. The summed E-state index contributed by atoms with van der Waals surface area (Å²) in [7, 11) is -48.0. The Bertz CT molecular complexity index is 965. The maximum atomic E-state index is 12.2. The second-order valence-electron chi connectivity index (χ2n) is 7.30. The van der Waals surface area contributed by atoms with Crippen LogP contribution >= 0.6 is 45.6 Å². The van der Waals surface area contributed by atoms with Crippen LogP contribution in [0.4, 0.5) is 0 Å². The zero-order valence-electron chi connectivity index (χ0n) is 16.2. The van der Waals surface area contributed by atoms with Crippen molar-refractivity contribution in [3.63, 3.8) is 0 Å². The number of rotatable bonds is 6. The molecule has 1 aliphatic rings. The van der Waals surface area contributed by atoms with Crippen molar-refractivity contribution in [1.29, 1.82) is 0 Å². The Morgan fingerprint density at radius 2 is 0.306 bits per heavy atom. The molecular weight excluding hydrogens is 642 g/mol. The lowest BCUT2D eigenvalue weighted by Gasteiger charge is -2.68. The molecule has 1 saturated carbocycles. The fraction of sp³-hybridized carbons (Fsp3) is 1.00. The highest BCUT2D eigenvalue weighted by molar-refractivity contribution is 7.66. The van der Waals surface area contributed by atoms with Gasteiger partial charge in [0.15, 0.2) is 0 Å². The van der Waals surface area contributed by atoms with E-state index in [-0.39, 0.29) is 0 Å². The average molecular weight is 660 g/mol. The van der Waals surface area contributed by atoms with E-state index in [0.717, 1.165) is 0 Å². The Labute approximate surface area is 195 Å². The van der Waals surface area contributed by atoms with Gasteiger partial charge in [-0.1, -0.05) is 0 Å². The summed E-state index contributed by atoms with van der Waals surface area (Å²) in [6.45, 7) is 0. The van der Waals surface area contributed by atoms with E-state index in [9.17, 15) is 117 Å². The van der Waals surface area contributed by atoms with Crippen molar-refractivity contribution >= 4 is 45.6 Å². The molecule has 30 heteroatoms. The molecule has 0 unspecified atom stereocenters. The molecule has 0 aromatic rings. The summed E-state index contributed by atoms with van der Waals surface area (Å²) in [5.74, 6) is 0. The van der Waals surface area contributed by atoms with Gasteiger partial charge in [0.1, 0.15) is 0 Å². The van der Waals surface area contributed by atoms with Crippen LogP contribution in [0.1, 0.15) is 0 Å². The Morgan fingerprint density at radius 3 is 0.333 bits per heavy atom.